The molecule has 0 amide bonds. The maximum absolute atomic E-state index is 11.4. The Hall–Kier alpha value is 0.430. The molecule has 0 aliphatic carbocycles. The standard InChI is InChI=1S/C11H21BrO2S/c1-3-4-9(2)11(7-12)10-5-6-15(13,14)8-10/h9-11H,3-8H2,1-2H3. The lowest BCUT2D eigenvalue weighted by atomic mass is 9.81. The lowest BCUT2D eigenvalue weighted by molar-refractivity contribution is 0.276. The van der Waals surface area contributed by atoms with Gasteiger partial charge in [0.25, 0.3) is 0 Å². The van der Waals surface area contributed by atoms with Crippen molar-refractivity contribution in [2.24, 2.45) is 17.8 Å². The zero-order valence-electron chi connectivity index (χ0n) is 9.58. The zero-order chi connectivity index (χ0) is 11.5. The first kappa shape index (κ1) is 13.5. The predicted octanol–water partition coefficient (Wildman–Crippen LogP) is 2.87. The van der Waals surface area contributed by atoms with Gasteiger partial charge in [-0.05, 0) is 24.2 Å². The third-order valence-corrected chi connectivity index (χ3v) is 6.07. The molecule has 0 saturated carbocycles. The van der Waals surface area contributed by atoms with Crippen LogP contribution in [0.2, 0.25) is 0 Å². The molecule has 1 heterocycles. The highest BCUT2D eigenvalue weighted by Crippen LogP contribution is 2.33. The van der Waals surface area contributed by atoms with Crippen molar-refractivity contribution in [3.63, 3.8) is 0 Å². The van der Waals surface area contributed by atoms with Crippen LogP contribution in [0.25, 0.3) is 0 Å². The van der Waals surface area contributed by atoms with E-state index in [1.807, 2.05) is 0 Å². The first-order valence-electron chi connectivity index (χ1n) is 5.76. The number of hydrogen-bond acceptors (Lipinski definition) is 2. The second kappa shape index (κ2) is 5.67. The summed E-state index contributed by atoms with van der Waals surface area (Å²) in [6, 6.07) is 0. The van der Waals surface area contributed by atoms with Crippen LogP contribution in [0, 0.1) is 17.8 Å². The van der Waals surface area contributed by atoms with E-state index in [1.54, 1.807) is 0 Å². The molecule has 1 aliphatic heterocycles. The third kappa shape index (κ3) is 3.74. The Bertz CT molecular complexity index is 287. The summed E-state index contributed by atoms with van der Waals surface area (Å²) in [7, 11) is -2.72. The zero-order valence-corrected chi connectivity index (χ0v) is 12.0. The van der Waals surface area contributed by atoms with Gasteiger partial charge >= 0.3 is 0 Å². The molecule has 0 aromatic heterocycles. The maximum atomic E-state index is 11.4. The van der Waals surface area contributed by atoms with Crippen molar-refractivity contribution in [1.29, 1.82) is 0 Å². The lowest BCUT2D eigenvalue weighted by Gasteiger charge is -2.26. The van der Waals surface area contributed by atoms with E-state index in [0.717, 1.165) is 11.8 Å². The van der Waals surface area contributed by atoms with Crippen LogP contribution in [-0.2, 0) is 9.84 Å². The van der Waals surface area contributed by atoms with Crippen molar-refractivity contribution in [2.75, 3.05) is 16.8 Å². The van der Waals surface area contributed by atoms with Crippen LogP contribution in [0.15, 0.2) is 0 Å². The van der Waals surface area contributed by atoms with E-state index < -0.39 is 9.84 Å². The van der Waals surface area contributed by atoms with Gasteiger partial charge in [0.05, 0.1) is 11.5 Å². The summed E-state index contributed by atoms with van der Waals surface area (Å²) >= 11 is 3.54. The van der Waals surface area contributed by atoms with Gasteiger partial charge in [-0.25, -0.2) is 8.42 Å². The Labute approximate surface area is 102 Å². The predicted molar refractivity (Wildman–Crippen MR) is 68.1 cm³/mol. The summed E-state index contributed by atoms with van der Waals surface area (Å²) in [5.74, 6) is 2.36. The minimum absolute atomic E-state index is 0.385. The van der Waals surface area contributed by atoms with Gasteiger partial charge in [0.15, 0.2) is 9.84 Å². The number of sulfone groups is 1. The van der Waals surface area contributed by atoms with E-state index in [9.17, 15) is 8.42 Å². The summed E-state index contributed by atoms with van der Waals surface area (Å²) in [6.07, 6.45) is 3.25. The van der Waals surface area contributed by atoms with Gasteiger partial charge in [0.1, 0.15) is 0 Å². The van der Waals surface area contributed by atoms with Crippen molar-refractivity contribution in [2.45, 2.75) is 33.1 Å². The van der Waals surface area contributed by atoms with Crippen molar-refractivity contribution in [3.8, 4) is 0 Å². The molecule has 1 saturated heterocycles. The minimum Gasteiger partial charge on any atom is -0.229 e. The molecule has 3 atom stereocenters. The van der Waals surface area contributed by atoms with Crippen LogP contribution in [0.4, 0.5) is 0 Å². The molecule has 3 unspecified atom stereocenters. The van der Waals surface area contributed by atoms with Gasteiger partial charge in [-0.2, -0.15) is 0 Å². The fourth-order valence-electron chi connectivity index (χ4n) is 2.57. The number of hydrogen-bond donors (Lipinski definition) is 0. The van der Waals surface area contributed by atoms with E-state index in [1.165, 1.54) is 12.8 Å². The molecule has 15 heavy (non-hydrogen) atoms. The molecular weight excluding hydrogens is 276 g/mol. The van der Waals surface area contributed by atoms with Crippen molar-refractivity contribution in [1.82, 2.24) is 0 Å². The lowest BCUT2D eigenvalue weighted by Crippen LogP contribution is -2.24. The summed E-state index contributed by atoms with van der Waals surface area (Å²) in [5.41, 5.74) is 0. The summed E-state index contributed by atoms with van der Waals surface area (Å²) in [4.78, 5) is 0. The number of alkyl halides is 1. The van der Waals surface area contributed by atoms with Crippen LogP contribution in [0.5, 0.6) is 0 Å². The quantitative estimate of drug-likeness (QED) is 0.731. The molecule has 1 rings (SSSR count). The number of halogens is 1. The fraction of sp³-hybridized carbons (Fsp3) is 1.00. The first-order chi connectivity index (χ1) is 7.00. The summed E-state index contributed by atoms with van der Waals surface area (Å²) < 4.78 is 22.9. The average molecular weight is 297 g/mol. The monoisotopic (exact) mass is 296 g/mol. The first-order valence-corrected chi connectivity index (χ1v) is 8.70. The molecule has 0 aromatic rings. The SMILES string of the molecule is CCCC(C)C(CBr)C1CCS(=O)(=O)C1. The Morgan fingerprint density at radius 3 is 2.53 bits per heavy atom. The van der Waals surface area contributed by atoms with Crippen LogP contribution in [-0.4, -0.2) is 25.3 Å². The van der Waals surface area contributed by atoms with Crippen LogP contribution >= 0.6 is 15.9 Å². The molecule has 0 bridgehead atoms. The minimum atomic E-state index is -2.72. The van der Waals surface area contributed by atoms with Crippen LogP contribution in [0.1, 0.15) is 33.1 Å². The highest BCUT2D eigenvalue weighted by molar-refractivity contribution is 9.09. The normalized spacial score (nSPS) is 28.9. The summed E-state index contributed by atoms with van der Waals surface area (Å²) in [5, 5.41) is 0.939. The van der Waals surface area contributed by atoms with Gasteiger partial charge < -0.3 is 0 Å². The largest absolute Gasteiger partial charge is 0.229 e. The topological polar surface area (TPSA) is 34.1 Å². The van der Waals surface area contributed by atoms with Crippen LogP contribution < -0.4 is 0 Å². The molecule has 90 valence electrons. The molecule has 0 radical (unpaired) electrons. The fourth-order valence-corrected chi connectivity index (χ4v) is 5.64. The van der Waals surface area contributed by atoms with E-state index >= 15 is 0 Å². The Morgan fingerprint density at radius 2 is 2.13 bits per heavy atom. The smallest absolute Gasteiger partial charge is 0.150 e. The third-order valence-electron chi connectivity index (χ3n) is 3.53. The summed E-state index contributed by atoms with van der Waals surface area (Å²) in [6.45, 7) is 4.44. The highest BCUT2D eigenvalue weighted by Gasteiger charge is 2.35. The van der Waals surface area contributed by atoms with Gasteiger partial charge in [0, 0.05) is 5.33 Å². The van der Waals surface area contributed by atoms with Gasteiger partial charge in [-0.3, -0.25) is 0 Å². The van der Waals surface area contributed by atoms with Crippen LogP contribution in [0.3, 0.4) is 0 Å². The molecule has 4 heteroatoms. The van der Waals surface area contributed by atoms with Gasteiger partial charge in [-0.1, -0.05) is 42.6 Å². The van der Waals surface area contributed by atoms with Crippen molar-refractivity contribution in [3.05, 3.63) is 0 Å². The highest BCUT2D eigenvalue weighted by atomic mass is 79.9. The molecule has 0 aromatic carbocycles. The Balaban J connectivity index is 2.60. The van der Waals surface area contributed by atoms with Gasteiger partial charge in [-0.15, -0.1) is 0 Å². The average Bonchev–Trinajstić information content (AvgIpc) is 2.48. The van der Waals surface area contributed by atoms with E-state index in [4.69, 9.17) is 0 Å². The number of rotatable bonds is 5. The Kier molecular flexibility index (Phi) is 5.10. The molecular formula is C11H21BrO2S. The Morgan fingerprint density at radius 1 is 1.47 bits per heavy atom. The van der Waals surface area contributed by atoms with Gasteiger partial charge in [0.2, 0.25) is 0 Å². The second-order valence-electron chi connectivity index (χ2n) is 4.75. The molecule has 0 N–H and O–H groups in total. The van der Waals surface area contributed by atoms with E-state index in [-0.39, 0.29) is 0 Å². The maximum Gasteiger partial charge on any atom is 0.150 e. The van der Waals surface area contributed by atoms with E-state index in [0.29, 0.717) is 29.3 Å². The molecule has 2 nitrogen and oxygen atoms in total. The molecule has 1 fully saturated rings. The molecule has 0 spiro atoms. The molecule has 1 aliphatic rings. The van der Waals surface area contributed by atoms with Crippen molar-refractivity contribution < 1.29 is 8.42 Å². The second-order valence-corrected chi connectivity index (χ2v) is 7.62. The van der Waals surface area contributed by atoms with E-state index in [2.05, 4.69) is 29.8 Å². The van der Waals surface area contributed by atoms with Crippen molar-refractivity contribution >= 4 is 25.8 Å².